The molecule has 0 amide bonds. The van der Waals surface area contributed by atoms with Crippen LogP contribution in [0.15, 0.2) is 18.3 Å². The van der Waals surface area contributed by atoms with Crippen LogP contribution in [0.1, 0.15) is 38.6 Å². The largest absolute Gasteiger partial charge is 0.340 e. The smallest absolute Gasteiger partial charge is 0.308 e. The molecule has 0 N–H and O–H groups in total. The summed E-state index contributed by atoms with van der Waals surface area (Å²) in [7, 11) is -3.01. The molecule has 0 atom stereocenters. The minimum Gasteiger partial charge on any atom is -0.308 e. The van der Waals surface area contributed by atoms with Gasteiger partial charge >= 0.3 is 7.60 Å². The highest BCUT2D eigenvalue weighted by molar-refractivity contribution is 8.03. The van der Waals surface area contributed by atoms with E-state index >= 15 is 0 Å². The highest BCUT2D eigenvalue weighted by atomic mass is 32.2. The van der Waals surface area contributed by atoms with E-state index in [1.165, 1.54) is 11.8 Å². The molecule has 2 aromatic rings. The van der Waals surface area contributed by atoms with Crippen molar-refractivity contribution in [3.8, 4) is 0 Å². The SMILES string of the molecule is CCCc1cc(CSCP(=O)(OCC)OCC)n2nccc2n1. The van der Waals surface area contributed by atoms with E-state index in [0.29, 0.717) is 24.5 Å². The average molecular weight is 357 g/mol. The molecule has 0 aliphatic carbocycles. The summed E-state index contributed by atoms with van der Waals surface area (Å²) in [6.07, 6.45) is 3.74. The third kappa shape index (κ3) is 5.05. The quantitative estimate of drug-likeness (QED) is 0.596. The average Bonchev–Trinajstić information content (AvgIpc) is 2.96. The van der Waals surface area contributed by atoms with Gasteiger partial charge in [0.25, 0.3) is 0 Å². The molecule has 6 nitrogen and oxygen atoms in total. The number of thioether (sulfide) groups is 1. The fraction of sp³-hybridized carbons (Fsp3) is 0.600. The maximum absolute atomic E-state index is 12.5. The number of aromatic nitrogens is 3. The molecule has 23 heavy (non-hydrogen) atoms. The summed E-state index contributed by atoms with van der Waals surface area (Å²) in [5.41, 5.74) is 3.30. The summed E-state index contributed by atoms with van der Waals surface area (Å²) >= 11 is 1.54. The molecule has 0 saturated carbocycles. The Labute approximate surface area is 141 Å². The zero-order chi connectivity index (χ0) is 16.7. The first-order valence-corrected chi connectivity index (χ1v) is 10.8. The first-order valence-electron chi connectivity index (χ1n) is 7.90. The van der Waals surface area contributed by atoms with Gasteiger partial charge in [-0.2, -0.15) is 5.10 Å². The Kier molecular flexibility index (Phi) is 7.09. The molecule has 0 bridgehead atoms. The van der Waals surface area contributed by atoms with E-state index in [1.807, 2.05) is 24.4 Å². The molecule has 0 fully saturated rings. The van der Waals surface area contributed by atoms with E-state index in [-0.39, 0.29) is 0 Å². The van der Waals surface area contributed by atoms with Gasteiger partial charge in [0.05, 0.1) is 30.6 Å². The minimum atomic E-state index is -3.01. The lowest BCUT2D eigenvalue weighted by molar-refractivity contribution is 0.224. The van der Waals surface area contributed by atoms with Crippen molar-refractivity contribution in [3.63, 3.8) is 0 Å². The molecule has 0 aliphatic rings. The van der Waals surface area contributed by atoms with Gasteiger partial charge < -0.3 is 9.05 Å². The first kappa shape index (κ1) is 18.5. The zero-order valence-corrected chi connectivity index (χ0v) is 15.6. The fourth-order valence-corrected chi connectivity index (χ4v) is 5.42. The topological polar surface area (TPSA) is 65.7 Å². The molecular formula is C15H24N3O3PS. The molecule has 2 heterocycles. The van der Waals surface area contributed by atoms with Gasteiger partial charge in [-0.25, -0.2) is 9.50 Å². The van der Waals surface area contributed by atoms with Gasteiger partial charge in [-0.15, -0.1) is 11.8 Å². The third-order valence-corrected chi connectivity index (χ3v) is 6.94. The number of hydrogen-bond donors (Lipinski definition) is 0. The highest BCUT2D eigenvalue weighted by Gasteiger charge is 2.23. The van der Waals surface area contributed by atoms with Gasteiger partial charge in [-0.05, 0) is 26.3 Å². The summed E-state index contributed by atoms with van der Waals surface area (Å²) in [5, 5.41) is 4.32. The number of fused-ring (bicyclic) bond motifs is 1. The van der Waals surface area contributed by atoms with Gasteiger partial charge in [0, 0.05) is 17.5 Å². The molecule has 0 saturated heterocycles. The number of hydrogen-bond acceptors (Lipinski definition) is 6. The van der Waals surface area contributed by atoms with E-state index in [9.17, 15) is 4.57 Å². The lowest BCUT2D eigenvalue weighted by atomic mass is 10.2. The van der Waals surface area contributed by atoms with Crippen LogP contribution in [0.25, 0.3) is 5.65 Å². The predicted molar refractivity (Wildman–Crippen MR) is 94.0 cm³/mol. The summed E-state index contributed by atoms with van der Waals surface area (Å²) in [4.78, 5) is 4.59. The molecular weight excluding hydrogens is 333 g/mol. The summed E-state index contributed by atoms with van der Waals surface area (Å²) in [5.74, 6) is 0.682. The van der Waals surface area contributed by atoms with Crippen molar-refractivity contribution in [3.05, 3.63) is 29.7 Å². The van der Waals surface area contributed by atoms with Crippen molar-refractivity contribution in [1.29, 1.82) is 0 Å². The normalized spacial score (nSPS) is 12.1. The lowest BCUT2D eigenvalue weighted by Crippen LogP contribution is -2.03. The lowest BCUT2D eigenvalue weighted by Gasteiger charge is -2.16. The molecule has 0 aromatic carbocycles. The molecule has 2 rings (SSSR count). The van der Waals surface area contributed by atoms with Crippen molar-refractivity contribution in [2.24, 2.45) is 0 Å². The molecule has 8 heteroatoms. The standard InChI is InChI=1S/C15H24N3O3PS/c1-4-7-13-10-14(18-15(17-13)8-9-16-18)11-23-12-22(19,20-5-2)21-6-3/h8-10H,4-7,11-12H2,1-3H3. The summed E-state index contributed by atoms with van der Waals surface area (Å²) in [6, 6.07) is 3.97. The van der Waals surface area contributed by atoms with E-state index in [2.05, 4.69) is 23.1 Å². The second-order valence-corrected chi connectivity index (χ2v) is 8.48. The molecule has 0 radical (unpaired) electrons. The van der Waals surface area contributed by atoms with E-state index in [1.54, 1.807) is 6.20 Å². The van der Waals surface area contributed by atoms with Crippen molar-refractivity contribution < 1.29 is 13.6 Å². The molecule has 128 valence electrons. The van der Waals surface area contributed by atoms with Crippen molar-refractivity contribution in [2.45, 2.75) is 39.4 Å². The second-order valence-electron chi connectivity index (χ2n) is 5.01. The molecule has 0 aliphatic heterocycles. The van der Waals surface area contributed by atoms with Crippen LogP contribution in [0.4, 0.5) is 0 Å². The van der Waals surface area contributed by atoms with Gasteiger partial charge in [-0.3, -0.25) is 4.57 Å². The minimum absolute atomic E-state index is 0.336. The van der Waals surface area contributed by atoms with Crippen molar-refractivity contribution in [2.75, 3.05) is 18.7 Å². The maximum atomic E-state index is 12.5. The number of aryl methyl sites for hydroxylation is 1. The van der Waals surface area contributed by atoms with E-state index in [0.717, 1.165) is 29.9 Å². The Bertz CT molecular complexity index is 667. The zero-order valence-electron chi connectivity index (χ0n) is 13.9. The third-order valence-electron chi connectivity index (χ3n) is 3.14. The second kappa shape index (κ2) is 8.83. The molecule has 2 aromatic heterocycles. The Morgan fingerprint density at radius 1 is 1.26 bits per heavy atom. The van der Waals surface area contributed by atoms with Crippen LogP contribution in [0.2, 0.25) is 0 Å². The van der Waals surface area contributed by atoms with Crippen molar-refractivity contribution in [1.82, 2.24) is 14.6 Å². The summed E-state index contributed by atoms with van der Waals surface area (Å²) in [6.45, 7) is 6.55. The van der Waals surface area contributed by atoms with Gasteiger partial charge in [0.1, 0.15) is 0 Å². The first-order chi connectivity index (χ1) is 11.1. The van der Waals surface area contributed by atoms with Crippen LogP contribution in [0.5, 0.6) is 0 Å². The van der Waals surface area contributed by atoms with Crippen LogP contribution >= 0.6 is 19.4 Å². The van der Waals surface area contributed by atoms with E-state index in [4.69, 9.17) is 9.05 Å². The highest BCUT2D eigenvalue weighted by Crippen LogP contribution is 2.51. The predicted octanol–water partition coefficient (Wildman–Crippen LogP) is 4.14. The Balaban J connectivity index is 2.09. The van der Waals surface area contributed by atoms with Crippen LogP contribution in [0.3, 0.4) is 0 Å². The Morgan fingerprint density at radius 2 is 2.00 bits per heavy atom. The Hall–Kier alpha value is -0.880. The maximum Gasteiger partial charge on any atom is 0.340 e. The van der Waals surface area contributed by atoms with Crippen LogP contribution < -0.4 is 0 Å². The van der Waals surface area contributed by atoms with Gasteiger partial charge in [0.2, 0.25) is 0 Å². The summed E-state index contributed by atoms with van der Waals surface area (Å²) < 4.78 is 25.0. The number of rotatable bonds is 10. The van der Waals surface area contributed by atoms with Crippen molar-refractivity contribution >= 4 is 25.0 Å². The van der Waals surface area contributed by atoms with Gasteiger partial charge in [-0.1, -0.05) is 13.3 Å². The van der Waals surface area contributed by atoms with Crippen LogP contribution in [-0.4, -0.2) is 33.3 Å². The van der Waals surface area contributed by atoms with Crippen LogP contribution in [-0.2, 0) is 25.8 Å². The van der Waals surface area contributed by atoms with Crippen LogP contribution in [0, 0.1) is 0 Å². The molecule has 0 unspecified atom stereocenters. The molecule has 0 spiro atoms. The number of nitrogens with zero attached hydrogens (tertiary/aromatic N) is 3. The van der Waals surface area contributed by atoms with E-state index < -0.39 is 7.60 Å². The Morgan fingerprint density at radius 3 is 2.65 bits per heavy atom. The monoisotopic (exact) mass is 357 g/mol. The fourth-order valence-electron chi connectivity index (χ4n) is 2.29. The van der Waals surface area contributed by atoms with Gasteiger partial charge in [0.15, 0.2) is 5.65 Å².